The van der Waals surface area contributed by atoms with E-state index in [2.05, 4.69) is 0 Å². The molecular formula is C28H28O8. The van der Waals surface area contributed by atoms with Gasteiger partial charge in [-0.25, -0.2) is 4.79 Å². The average Bonchev–Trinajstić information content (AvgIpc) is 3.35. The lowest BCUT2D eigenvalue weighted by Crippen LogP contribution is -2.61. The van der Waals surface area contributed by atoms with Gasteiger partial charge in [-0.1, -0.05) is 31.5 Å². The largest absolute Gasteiger partial charge is 0.481 e. The highest BCUT2D eigenvalue weighted by atomic mass is 16.5. The van der Waals surface area contributed by atoms with Crippen LogP contribution in [0.5, 0.6) is 0 Å². The molecule has 2 heterocycles. The molecule has 3 aliphatic rings. The molecule has 2 aromatic rings. The van der Waals surface area contributed by atoms with Crippen molar-refractivity contribution in [3.63, 3.8) is 0 Å². The molecule has 1 aliphatic heterocycles. The van der Waals surface area contributed by atoms with Crippen molar-refractivity contribution < 1.29 is 38.2 Å². The van der Waals surface area contributed by atoms with Crippen molar-refractivity contribution in [1.29, 1.82) is 0 Å². The third-order valence-electron chi connectivity index (χ3n) is 8.43. The summed E-state index contributed by atoms with van der Waals surface area (Å²) in [6.45, 7) is 5.48. The van der Waals surface area contributed by atoms with E-state index in [1.165, 1.54) is 18.6 Å². The van der Waals surface area contributed by atoms with Crippen molar-refractivity contribution in [2.45, 2.75) is 46.1 Å². The molecule has 2 aliphatic carbocycles. The van der Waals surface area contributed by atoms with Gasteiger partial charge in [0.2, 0.25) is 5.78 Å². The minimum atomic E-state index is -1.11. The number of esters is 2. The van der Waals surface area contributed by atoms with Crippen LogP contribution in [0.15, 0.2) is 59.1 Å². The molecule has 2 fully saturated rings. The summed E-state index contributed by atoms with van der Waals surface area (Å²) >= 11 is 0. The van der Waals surface area contributed by atoms with Crippen molar-refractivity contribution in [3.8, 4) is 0 Å². The maximum absolute atomic E-state index is 14.0. The molecule has 6 unspecified atom stereocenters. The molecule has 1 saturated heterocycles. The number of ether oxygens (including phenoxy) is 2. The lowest BCUT2D eigenvalue weighted by atomic mass is 9.44. The van der Waals surface area contributed by atoms with Gasteiger partial charge in [-0.2, -0.15) is 0 Å². The van der Waals surface area contributed by atoms with Gasteiger partial charge in [0.15, 0.2) is 5.76 Å². The average molecular weight is 493 g/mol. The van der Waals surface area contributed by atoms with Crippen molar-refractivity contribution in [1.82, 2.24) is 0 Å². The number of Topliss-reactive ketones (excluding diaryl/α,β-unsaturated/α-hetero) is 1. The lowest BCUT2D eigenvalue weighted by molar-refractivity contribution is -0.197. The van der Waals surface area contributed by atoms with Crippen molar-refractivity contribution in [2.24, 2.45) is 28.6 Å². The first kappa shape index (κ1) is 24.0. The number of hydrogen-bond acceptors (Lipinski definition) is 7. The van der Waals surface area contributed by atoms with Gasteiger partial charge in [0.1, 0.15) is 6.10 Å². The van der Waals surface area contributed by atoms with E-state index in [4.69, 9.17) is 13.9 Å². The van der Waals surface area contributed by atoms with Crippen LogP contribution in [-0.4, -0.2) is 28.8 Å². The van der Waals surface area contributed by atoms with Gasteiger partial charge < -0.3 is 19.0 Å². The lowest BCUT2D eigenvalue weighted by Gasteiger charge is -2.59. The fourth-order valence-corrected chi connectivity index (χ4v) is 6.71. The smallest absolute Gasteiger partial charge is 0.343 e. The van der Waals surface area contributed by atoms with Crippen LogP contribution >= 0.6 is 0 Å². The van der Waals surface area contributed by atoms with E-state index in [0.29, 0.717) is 24.8 Å². The fourth-order valence-electron chi connectivity index (χ4n) is 6.71. The molecule has 1 aromatic carbocycles. The summed E-state index contributed by atoms with van der Waals surface area (Å²) in [5.74, 6) is -5.50. The maximum atomic E-state index is 14.0. The zero-order valence-corrected chi connectivity index (χ0v) is 20.4. The fraction of sp³-hybridized carbons (Fsp3) is 0.429. The number of hydrogen-bond donors (Lipinski definition) is 1. The molecule has 0 radical (unpaired) electrons. The van der Waals surface area contributed by atoms with Crippen molar-refractivity contribution in [2.75, 3.05) is 0 Å². The summed E-state index contributed by atoms with van der Waals surface area (Å²) in [5, 5.41) is 10.2. The Labute approximate surface area is 208 Å². The normalized spacial score (nSPS) is 33.6. The number of aliphatic carboxylic acids is 1. The minimum Gasteiger partial charge on any atom is -0.481 e. The molecule has 36 heavy (non-hydrogen) atoms. The Morgan fingerprint density at radius 3 is 2.58 bits per heavy atom. The van der Waals surface area contributed by atoms with Crippen LogP contribution in [0.1, 0.15) is 60.7 Å². The second kappa shape index (κ2) is 8.47. The maximum Gasteiger partial charge on any atom is 0.343 e. The number of carbonyl (C=O) groups excluding carboxylic acids is 3. The van der Waals surface area contributed by atoms with Gasteiger partial charge >= 0.3 is 17.9 Å². The molecule has 8 heteroatoms. The first-order valence-corrected chi connectivity index (χ1v) is 12.0. The van der Waals surface area contributed by atoms with E-state index < -0.39 is 58.4 Å². The molecule has 5 rings (SSSR count). The van der Waals surface area contributed by atoms with E-state index >= 15 is 0 Å². The highest BCUT2D eigenvalue weighted by molar-refractivity contribution is 6.03. The summed E-state index contributed by atoms with van der Waals surface area (Å²) in [6.07, 6.45) is 4.71. The predicted octanol–water partition coefficient (Wildman–Crippen LogP) is 4.64. The molecule has 0 bridgehead atoms. The Bertz CT molecular complexity index is 1270. The number of furan rings is 1. The van der Waals surface area contributed by atoms with E-state index in [0.717, 1.165) is 5.56 Å². The SMILES string of the molecule is Cc1cccc(C(=O)OC2=CC(C(=O)O)C3(C)CCC4C(=O)OC(c5ccoc5)CC4(C)C3C2=O)c1. The molecular weight excluding hydrogens is 464 g/mol. The summed E-state index contributed by atoms with van der Waals surface area (Å²) in [5.41, 5.74) is -0.0954. The van der Waals surface area contributed by atoms with Crippen LogP contribution in [0.2, 0.25) is 0 Å². The number of cyclic esters (lactones) is 1. The number of allylic oxidation sites excluding steroid dienone is 1. The highest BCUT2D eigenvalue weighted by Crippen LogP contribution is 2.64. The molecule has 0 spiro atoms. The summed E-state index contributed by atoms with van der Waals surface area (Å²) in [4.78, 5) is 52.5. The summed E-state index contributed by atoms with van der Waals surface area (Å²) < 4.78 is 16.4. The van der Waals surface area contributed by atoms with E-state index in [9.17, 15) is 24.3 Å². The van der Waals surface area contributed by atoms with Gasteiger partial charge in [-0.3, -0.25) is 14.4 Å². The number of aryl methyl sites for hydroxylation is 1. The quantitative estimate of drug-likeness (QED) is 0.613. The monoisotopic (exact) mass is 492 g/mol. The van der Waals surface area contributed by atoms with E-state index in [1.54, 1.807) is 31.2 Å². The van der Waals surface area contributed by atoms with Gasteiger partial charge in [0.05, 0.1) is 29.9 Å². The third-order valence-corrected chi connectivity index (χ3v) is 8.43. The molecule has 1 aromatic heterocycles. The zero-order chi connectivity index (χ0) is 25.8. The number of benzene rings is 1. The van der Waals surface area contributed by atoms with Gasteiger partial charge in [-0.05, 0) is 61.3 Å². The Morgan fingerprint density at radius 1 is 1.14 bits per heavy atom. The topological polar surface area (TPSA) is 120 Å². The second-order valence-electron chi connectivity index (χ2n) is 10.7. The second-order valence-corrected chi connectivity index (χ2v) is 10.7. The predicted molar refractivity (Wildman–Crippen MR) is 125 cm³/mol. The van der Waals surface area contributed by atoms with Crippen LogP contribution in [0.3, 0.4) is 0 Å². The number of carbonyl (C=O) groups is 4. The Morgan fingerprint density at radius 2 is 1.92 bits per heavy atom. The van der Waals surface area contributed by atoms with Crippen LogP contribution in [0, 0.1) is 35.5 Å². The number of ketones is 1. The molecule has 6 atom stereocenters. The summed E-state index contributed by atoms with van der Waals surface area (Å²) in [6, 6.07) is 8.46. The molecule has 1 saturated carbocycles. The van der Waals surface area contributed by atoms with Crippen LogP contribution in [0.4, 0.5) is 0 Å². The van der Waals surface area contributed by atoms with Crippen LogP contribution < -0.4 is 0 Å². The number of carboxylic acids is 1. The van der Waals surface area contributed by atoms with Crippen molar-refractivity contribution in [3.05, 3.63) is 71.4 Å². The zero-order valence-electron chi connectivity index (χ0n) is 20.4. The first-order valence-electron chi connectivity index (χ1n) is 12.0. The molecule has 8 nitrogen and oxygen atoms in total. The molecule has 188 valence electrons. The van der Waals surface area contributed by atoms with Crippen LogP contribution in [0.25, 0.3) is 0 Å². The Hall–Kier alpha value is -3.68. The highest BCUT2D eigenvalue weighted by Gasteiger charge is 2.66. The van der Waals surface area contributed by atoms with Gasteiger partial charge in [-0.15, -0.1) is 0 Å². The van der Waals surface area contributed by atoms with E-state index in [1.807, 2.05) is 19.9 Å². The van der Waals surface area contributed by atoms with Crippen molar-refractivity contribution >= 4 is 23.7 Å². The number of fused-ring (bicyclic) bond motifs is 3. The van der Waals surface area contributed by atoms with Gasteiger partial charge in [0.25, 0.3) is 0 Å². The Balaban J connectivity index is 1.56. The standard InChI is InChI=1S/C28H28O8/c1-15-5-4-6-16(11-15)25(32)35-20-12-19(24(30)31)27(2)9-7-18-26(33)36-21(17-8-10-34-14-17)13-28(18,3)23(27)22(20)29/h4-6,8,10-12,14,18-19,21,23H,7,9,13H2,1-3H3,(H,30,31). The molecule has 0 amide bonds. The van der Waals surface area contributed by atoms with E-state index in [-0.39, 0.29) is 11.3 Å². The molecule has 1 N–H and O–H groups in total. The number of rotatable bonds is 4. The van der Waals surface area contributed by atoms with Gasteiger partial charge in [0, 0.05) is 11.5 Å². The third kappa shape index (κ3) is 3.67. The summed E-state index contributed by atoms with van der Waals surface area (Å²) in [7, 11) is 0. The minimum absolute atomic E-state index is 0.262. The Kier molecular flexibility index (Phi) is 5.65. The first-order chi connectivity index (χ1) is 17.0. The number of carboxylic acid groups (broad SMARTS) is 1. The van der Waals surface area contributed by atoms with Crippen LogP contribution in [-0.2, 0) is 23.9 Å².